The third-order valence-corrected chi connectivity index (χ3v) is 4.61. The van der Waals surface area contributed by atoms with E-state index in [2.05, 4.69) is 10.2 Å². The molecule has 2 fully saturated rings. The molecule has 4 heteroatoms. The summed E-state index contributed by atoms with van der Waals surface area (Å²) in [6.07, 6.45) is 10.4. The maximum atomic E-state index is 11.4. The molecule has 0 aromatic carbocycles. The molecule has 0 atom stereocenters. The summed E-state index contributed by atoms with van der Waals surface area (Å²) in [5, 5.41) is 3.03. The van der Waals surface area contributed by atoms with Crippen molar-refractivity contribution in [2.75, 3.05) is 26.2 Å². The Kier molecular flexibility index (Phi) is 5.01. The Hall–Kier alpha value is -0.610. The average Bonchev–Trinajstić information content (AvgIpc) is 2.46. The van der Waals surface area contributed by atoms with Crippen LogP contribution < -0.4 is 11.1 Å². The zero-order valence-corrected chi connectivity index (χ0v) is 11.4. The number of piperidine rings is 1. The van der Waals surface area contributed by atoms with Crippen LogP contribution in [0.15, 0.2) is 0 Å². The molecule has 2 aliphatic rings. The van der Waals surface area contributed by atoms with Crippen LogP contribution in [0.2, 0.25) is 0 Å². The van der Waals surface area contributed by atoms with Crippen molar-refractivity contribution >= 4 is 5.91 Å². The van der Waals surface area contributed by atoms with Crippen LogP contribution in [0.25, 0.3) is 0 Å². The van der Waals surface area contributed by atoms with Crippen molar-refractivity contribution in [3.05, 3.63) is 0 Å². The fourth-order valence-electron chi connectivity index (χ4n) is 3.52. The van der Waals surface area contributed by atoms with Crippen molar-refractivity contribution < 1.29 is 4.79 Å². The summed E-state index contributed by atoms with van der Waals surface area (Å²) in [6.45, 7) is 3.32. The molecule has 1 amide bonds. The summed E-state index contributed by atoms with van der Waals surface area (Å²) in [7, 11) is 0. The van der Waals surface area contributed by atoms with Crippen molar-refractivity contribution in [2.24, 2.45) is 5.73 Å². The molecule has 3 N–H and O–H groups in total. The van der Waals surface area contributed by atoms with Crippen LogP contribution >= 0.6 is 0 Å². The average molecular weight is 253 g/mol. The van der Waals surface area contributed by atoms with E-state index in [1.165, 1.54) is 64.5 Å². The van der Waals surface area contributed by atoms with E-state index in [0.717, 1.165) is 6.54 Å². The number of amides is 1. The summed E-state index contributed by atoms with van der Waals surface area (Å²) < 4.78 is 0. The lowest BCUT2D eigenvalue weighted by atomic mass is 9.79. The second-order valence-electron chi connectivity index (χ2n) is 5.81. The summed E-state index contributed by atoms with van der Waals surface area (Å²) in [5.74, 6) is -0.0167. The first kappa shape index (κ1) is 13.8. The number of nitrogens with two attached hydrogens (primary N) is 1. The maximum Gasteiger partial charge on any atom is 0.233 e. The van der Waals surface area contributed by atoms with Crippen LogP contribution in [0.4, 0.5) is 0 Å². The van der Waals surface area contributed by atoms with E-state index in [-0.39, 0.29) is 18.0 Å². The molecule has 1 saturated heterocycles. The topological polar surface area (TPSA) is 58.4 Å². The minimum Gasteiger partial charge on any atom is -0.353 e. The van der Waals surface area contributed by atoms with E-state index >= 15 is 0 Å². The fraction of sp³-hybridized carbons (Fsp3) is 0.929. The van der Waals surface area contributed by atoms with E-state index in [4.69, 9.17) is 5.73 Å². The number of rotatable bonds is 4. The van der Waals surface area contributed by atoms with Gasteiger partial charge < -0.3 is 11.1 Å². The zero-order valence-electron chi connectivity index (χ0n) is 11.4. The van der Waals surface area contributed by atoms with Crippen LogP contribution in [0.1, 0.15) is 51.4 Å². The molecule has 0 aromatic heterocycles. The van der Waals surface area contributed by atoms with Crippen LogP contribution in [0, 0.1) is 0 Å². The first-order valence-electron chi connectivity index (χ1n) is 7.49. The van der Waals surface area contributed by atoms with Crippen molar-refractivity contribution in [2.45, 2.75) is 56.9 Å². The minimum absolute atomic E-state index is 0.0167. The van der Waals surface area contributed by atoms with E-state index in [1.807, 2.05) is 0 Å². The van der Waals surface area contributed by atoms with Crippen LogP contribution in [-0.4, -0.2) is 42.5 Å². The van der Waals surface area contributed by atoms with E-state index in [9.17, 15) is 4.79 Å². The number of likely N-dealkylation sites (tertiary alicyclic amines) is 1. The SMILES string of the molecule is NCC(=O)NCC1(N2CCCCC2)CCCCC1. The first-order chi connectivity index (χ1) is 8.77. The molecular formula is C14H27N3O. The van der Waals surface area contributed by atoms with Crippen LogP contribution in [-0.2, 0) is 4.79 Å². The van der Waals surface area contributed by atoms with Gasteiger partial charge in [0.05, 0.1) is 6.54 Å². The molecular weight excluding hydrogens is 226 g/mol. The quantitative estimate of drug-likeness (QED) is 0.793. The number of hydrogen-bond donors (Lipinski definition) is 2. The second kappa shape index (κ2) is 6.53. The molecule has 1 heterocycles. The highest BCUT2D eigenvalue weighted by atomic mass is 16.1. The van der Waals surface area contributed by atoms with Crippen molar-refractivity contribution in [3.63, 3.8) is 0 Å². The molecule has 4 nitrogen and oxygen atoms in total. The highest BCUT2D eigenvalue weighted by molar-refractivity contribution is 5.77. The molecule has 1 aliphatic heterocycles. The normalized spacial score (nSPS) is 24.7. The van der Waals surface area contributed by atoms with E-state index < -0.39 is 0 Å². The molecule has 1 saturated carbocycles. The largest absolute Gasteiger partial charge is 0.353 e. The van der Waals surface area contributed by atoms with Crippen LogP contribution in [0.3, 0.4) is 0 Å². The van der Waals surface area contributed by atoms with Gasteiger partial charge in [-0.15, -0.1) is 0 Å². The molecule has 0 unspecified atom stereocenters. The Labute approximate surface area is 110 Å². The first-order valence-corrected chi connectivity index (χ1v) is 7.49. The third-order valence-electron chi connectivity index (χ3n) is 4.61. The van der Waals surface area contributed by atoms with Gasteiger partial charge in [0.1, 0.15) is 0 Å². The Morgan fingerprint density at radius 1 is 1.06 bits per heavy atom. The molecule has 0 radical (unpaired) electrons. The standard InChI is InChI=1S/C14H27N3O/c15-11-13(18)16-12-14(7-3-1-4-8-14)17-9-5-2-6-10-17/h1-12,15H2,(H,16,18). The van der Waals surface area contributed by atoms with Gasteiger partial charge in [-0.2, -0.15) is 0 Å². The number of nitrogens with zero attached hydrogens (tertiary/aromatic N) is 1. The smallest absolute Gasteiger partial charge is 0.233 e. The summed E-state index contributed by atoms with van der Waals surface area (Å²) in [5.41, 5.74) is 5.61. The molecule has 2 rings (SSSR count). The lowest BCUT2D eigenvalue weighted by Gasteiger charge is -2.48. The van der Waals surface area contributed by atoms with Gasteiger partial charge in [-0.3, -0.25) is 9.69 Å². The Bertz CT molecular complexity index is 268. The summed E-state index contributed by atoms with van der Waals surface area (Å²) in [6, 6.07) is 0. The molecule has 18 heavy (non-hydrogen) atoms. The third kappa shape index (κ3) is 3.23. The van der Waals surface area contributed by atoms with Gasteiger partial charge in [0, 0.05) is 12.1 Å². The summed E-state index contributed by atoms with van der Waals surface area (Å²) >= 11 is 0. The highest BCUT2D eigenvalue weighted by Crippen LogP contribution is 2.35. The zero-order chi connectivity index (χ0) is 12.8. The Morgan fingerprint density at radius 3 is 2.28 bits per heavy atom. The molecule has 0 spiro atoms. The fourth-order valence-corrected chi connectivity index (χ4v) is 3.52. The van der Waals surface area contributed by atoms with Gasteiger partial charge >= 0.3 is 0 Å². The van der Waals surface area contributed by atoms with Gasteiger partial charge in [0.25, 0.3) is 0 Å². The number of carbonyl (C=O) groups is 1. The lowest BCUT2D eigenvalue weighted by Crippen LogP contribution is -2.58. The van der Waals surface area contributed by atoms with Gasteiger partial charge in [-0.1, -0.05) is 25.7 Å². The lowest BCUT2D eigenvalue weighted by molar-refractivity contribution is -0.120. The van der Waals surface area contributed by atoms with Gasteiger partial charge in [0.15, 0.2) is 0 Å². The number of hydrogen-bond acceptors (Lipinski definition) is 3. The van der Waals surface area contributed by atoms with Crippen molar-refractivity contribution in [1.29, 1.82) is 0 Å². The van der Waals surface area contributed by atoms with Gasteiger partial charge in [0.2, 0.25) is 5.91 Å². The number of carbonyl (C=O) groups excluding carboxylic acids is 1. The predicted octanol–water partition coefficient (Wildman–Crippen LogP) is 1.25. The Balaban J connectivity index is 1.99. The minimum atomic E-state index is -0.0167. The van der Waals surface area contributed by atoms with Gasteiger partial charge in [-0.25, -0.2) is 0 Å². The van der Waals surface area contributed by atoms with Gasteiger partial charge in [-0.05, 0) is 38.8 Å². The second-order valence-corrected chi connectivity index (χ2v) is 5.81. The molecule has 0 bridgehead atoms. The maximum absolute atomic E-state index is 11.4. The van der Waals surface area contributed by atoms with E-state index in [0.29, 0.717) is 0 Å². The summed E-state index contributed by atoms with van der Waals surface area (Å²) in [4.78, 5) is 14.1. The van der Waals surface area contributed by atoms with Crippen molar-refractivity contribution in [1.82, 2.24) is 10.2 Å². The Morgan fingerprint density at radius 2 is 1.67 bits per heavy atom. The molecule has 1 aliphatic carbocycles. The predicted molar refractivity (Wildman–Crippen MR) is 73.3 cm³/mol. The highest BCUT2D eigenvalue weighted by Gasteiger charge is 2.38. The number of nitrogens with one attached hydrogen (secondary N) is 1. The van der Waals surface area contributed by atoms with Crippen LogP contribution in [0.5, 0.6) is 0 Å². The molecule has 104 valence electrons. The molecule has 0 aromatic rings. The van der Waals surface area contributed by atoms with Crippen molar-refractivity contribution in [3.8, 4) is 0 Å². The van der Waals surface area contributed by atoms with E-state index in [1.54, 1.807) is 0 Å². The monoisotopic (exact) mass is 253 g/mol.